The van der Waals surface area contributed by atoms with Gasteiger partial charge < -0.3 is 9.88 Å². The number of rotatable bonds is 7. The summed E-state index contributed by atoms with van der Waals surface area (Å²) in [6.45, 7) is 3.54. The fourth-order valence-electron chi connectivity index (χ4n) is 3.54. The quantitative estimate of drug-likeness (QED) is 0.808. The first-order chi connectivity index (χ1) is 12.6. The zero-order chi connectivity index (χ0) is 18.4. The average molecular weight is 375 g/mol. The first kappa shape index (κ1) is 18.9. The number of aromatic nitrogens is 2. The van der Waals surface area contributed by atoms with Crippen LogP contribution in [0.15, 0.2) is 36.7 Å². The highest BCUT2D eigenvalue weighted by molar-refractivity contribution is 6.31. The van der Waals surface area contributed by atoms with Gasteiger partial charge in [-0.3, -0.25) is 9.69 Å². The lowest BCUT2D eigenvalue weighted by Crippen LogP contribution is -2.36. The van der Waals surface area contributed by atoms with Crippen molar-refractivity contribution in [2.24, 2.45) is 13.0 Å². The molecule has 0 saturated carbocycles. The Morgan fingerprint density at radius 3 is 3.00 bits per heavy atom. The zero-order valence-corrected chi connectivity index (χ0v) is 16.1. The minimum absolute atomic E-state index is 0.103. The predicted octanol–water partition coefficient (Wildman–Crippen LogP) is 3.38. The second-order valence-electron chi connectivity index (χ2n) is 7.10. The van der Waals surface area contributed by atoms with Crippen molar-refractivity contribution in [3.8, 4) is 0 Å². The second kappa shape index (κ2) is 9.19. The molecule has 1 aliphatic heterocycles. The highest BCUT2D eigenvalue weighted by atomic mass is 35.5. The van der Waals surface area contributed by atoms with E-state index in [0.717, 1.165) is 37.4 Å². The third-order valence-corrected chi connectivity index (χ3v) is 5.47. The molecule has 1 aromatic carbocycles. The zero-order valence-electron chi connectivity index (χ0n) is 15.3. The van der Waals surface area contributed by atoms with Gasteiger partial charge >= 0.3 is 0 Å². The van der Waals surface area contributed by atoms with Gasteiger partial charge in [-0.1, -0.05) is 29.8 Å². The smallest absolute Gasteiger partial charge is 0.220 e. The van der Waals surface area contributed by atoms with Crippen LogP contribution in [0.5, 0.6) is 0 Å². The minimum atomic E-state index is 0.103. The molecule has 0 radical (unpaired) electrons. The van der Waals surface area contributed by atoms with Gasteiger partial charge in [0, 0.05) is 44.0 Å². The largest absolute Gasteiger partial charge is 0.352 e. The Bertz CT molecular complexity index is 730. The van der Waals surface area contributed by atoms with Gasteiger partial charge in [0.2, 0.25) is 5.91 Å². The predicted molar refractivity (Wildman–Crippen MR) is 104 cm³/mol. The normalized spacial score (nSPS) is 18.0. The van der Waals surface area contributed by atoms with Crippen molar-refractivity contribution in [1.29, 1.82) is 0 Å². The fraction of sp³-hybridized carbons (Fsp3) is 0.500. The van der Waals surface area contributed by atoms with Gasteiger partial charge in [0.05, 0.1) is 6.54 Å². The van der Waals surface area contributed by atoms with Crippen LogP contribution in [0.3, 0.4) is 0 Å². The lowest BCUT2D eigenvalue weighted by Gasteiger charge is -2.32. The summed E-state index contributed by atoms with van der Waals surface area (Å²) in [5.74, 6) is 1.78. The maximum Gasteiger partial charge on any atom is 0.220 e. The van der Waals surface area contributed by atoms with Crippen molar-refractivity contribution >= 4 is 17.5 Å². The third-order valence-electron chi connectivity index (χ3n) is 5.10. The van der Waals surface area contributed by atoms with Gasteiger partial charge in [0.25, 0.3) is 0 Å². The molecule has 5 nitrogen and oxygen atoms in total. The molecule has 1 aliphatic rings. The molecule has 1 aromatic heterocycles. The molecule has 3 rings (SSSR count). The summed E-state index contributed by atoms with van der Waals surface area (Å²) in [5.41, 5.74) is 0.960. The molecule has 1 saturated heterocycles. The topological polar surface area (TPSA) is 50.2 Å². The molecule has 0 spiro atoms. The number of hydrogen-bond acceptors (Lipinski definition) is 3. The summed E-state index contributed by atoms with van der Waals surface area (Å²) in [4.78, 5) is 19.0. The fourth-order valence-corrected chi connectivity index (χ4v) is 3.74. The Morgan fingerprint density at radius 1 is 1.38 bits per heavy atom. The summed E-state index contributed by atoms with van der Waals surface area (Å²) in [7, 11) is 2.03. The molecule has 0 aliphatic carbocycles. The van der Waals surface area contributed by atoms with Crippen molar-refractivity contribution in [1.82, 2.24) is 19.8 Å². The van der Waals surface area contributed by atoms with Crippen LogP contribution in [0.4, 0.5) is 0 Å². The highest BCUT2D eigenvalue weighted by Crippen LogP contribution is 2.22. The average Bonchev–Trinajstić information content (AvgIpc) is 3.04. The number of amides is 1. The third kappa shape index (κ3) is 5.32. The molecule has 1 N–H and O–H groups in total. The molecule has 1 atom stereocenters. The van der Waals surface area contributed by atoms with Crippen LogP contribution >= 0.6 is 11.6 Å². The Labute approximate surface area is 160 Å². The summed E-state index contributed by atoms with van der Waals surface area (Å²) in [6, 6.07) is 7.62. The van der Waals surface area contributed by atoms with Gasteiger partial charge in [-0.25, -0.2) is 4.98 Å². The second-order valence-corrected chi connectivity index (χ2v) is 7.51. The van der Waals surface area contributed by atoms with E-state index < -0.39 is 0 Å². The van der Waals surface area contributed by atoms with E-state index in [9.17, 15) is 4.79 Å². The van der Waals surface area contributed by atoms with E-state index in [-0.39, 0.29) is 5.91 Å². The van der Waals surface area contributed by atoms with Crippen LogP contribution in [0.25, 0.3) is 0 Å². The maximum absolute atomic E-state index is 12.2. The van der Waals surface area contributed by atoms with E-state index in [1.54, 1.807) is 0 Å². The molecule has 140 valence electrons. The Hall–Kier alpha value is -1.85. The number of hydrogen-bond donors (Lipinski definition) is 1. The van der Waals surface area contributed by atoms with Crippen molar-refractivity contribution in [3.63, 3.8) is 0 Å². The molecule has 0 unspecified atom stereocenters. The number of nitrogens with zero attached hydrogens (tertiary/aromatic N) is 3. The maximum atomic E-state index is 12.2. The number of imidazole rings is 1. The number of aryl methyl sites for hydroxylation is 1. The SMILES string of the molecule is Cn1ccnc1CN1CCC[C@H](CCC(=O)NCc2ccccc2Cl)C1. The van der Waals surface area contributed by atoms with Gasteiger partial charge in [-0.15, -0.1) is 0 Å². The lowest BCUT2D eigenvalue weighted by atomic mass is 9.93. The van der Waals surface area contributed by atoms with Crippen molar-refractivity contribution in [2.45, 2.75) is 38.8 Å². The van der Waals surface area contributed by atoms with E-state index in [1.165, 1.54) is 12.8 Å². The summed E-state index contributed by atoms with van der Waals surface area (Å²) in [5, 5.41) is 3.68. The Morgan fingerprint density at radius 2 is 2.23 bits per heavy atom. The van der Waals surface area contributed by atoms with Crippen LogP contribution in [0.2, 0.25) is 5.02 Å². The van der Waals surface area contributed by atoms with Gasteiger partial charge in [-0.2, -0.15) is 0 Å². The van der Waals surface area contributed by atoms with Crippen molar-refractivity contribution in [3.05, 3.63) is 53.1 Å². The van der Waals surface area contributed by atoms with Crippen LogP contribution in [-0.2, 0) is 24.9 Å². The Kier molecular flexibility index (Phi) is 6.69. The number of piperidine rings is 1. The molecule has 1 amide bonds. The highest BCUT2D eigenvalue weighted by Gasteiger charge is 2.21. The molecular weight excluding hydrogens is 348 g/mol. The van der Waals surface area contributed by atoms with Crippen LogP contribution in [-0.4, -0.2) is 33.4 Å². The van der Waals surface area contributed by atoms with Gasteiger partial charge in [0.1, 0.15) is 5.82 Å². The van der Waals surface area contributed by atoms with Crippen LogP contribution in [0.1, 0.15) is 37.1 Å². The first-order valence-corrected chi connectivity index (χ1v) is 9.68. The standard InChI is InChI=1S/C20H27ClN4O/c1-24-12-10-22-19(24)15-25-11-4-5-16(14-25)8-9-20(26)23-13-17-6-2-3-7-18(17)21/h2-3,6-7,10,12,16H,4-5,8-9,11,13-15H2,1H3,(H,23,26)/t16-/m1/s1. The monoisotopic (exact) mass is 374 g/mol. The van der Waals surface area contributed by atoms with Crippen molar-refractivity contribution < 1.29 is 4.79 Å². The van der Waals surface area contributed by atoms with Gasteiger partial charge in [0.15, 0.2) is 0 Å². The van der Waals surface area contributed by atoms with Crippen LogP contribution < -0.4 is 5.32 Å². The molecule has 26 heavy (non-hydrogen) atoms. The number of halogens is 1. The molecule has 6 heteroatoms. The lowest BCUT2D eigenvalue weighted by molar-refractivity contribution is -0.121. The molecule has 2 aromatic rings. The summed E-state index contributed by atoms with van der Waals surface area (Å²) >= 11 is 6.13. The molecular formula is C20H27ClN4O. The summed E-state index contributed by atoms with van der Waals surface area (Å²) in [6.07, 6.45) is 7.74. The van der Waals surface area contributed by atoms with E-state index >= 15 is 0 Å². The van der Waals surface area contributed by atoms with Gasteiger partial charge in [-0.05, 0) is 43.4 Å². The summed E-state index contributed by atoms with van der Waals surface area (Å²) < 4.78 is 2.08. The number of benzene rings is 1. The number of likely N-dealkylation sites (tertiary alicyclic amines) is 1. The van der Waals surface area contributed by atoms with E-state index in [1.807, 2.05) is 43.7 Å². The van der Waals surface area contributed by atoms with E-state index in [0.29, 0.717) is 23.9 Å². The number of carbonyl (C=O) groups is 1. The molecule has 1 fully saturated rings. The number of nitrogens with one attached hydrogen (secondary N) is 1. The van der Waals surface area contributed by atoms with Crippen molar-refractivity contribution in [2.75, 3.05) is 13.1 Å². The number of carbonyl (C=O) groups excluding carboxylic acids is 1. The molecule has 0 bridgehead atoms. The Balaban J connectivity index is 1.40. The van der Waals surface area contributed by atoms with E-state index in [2.05, 4.69) is 19.8 Å². The first-order valence-electron chi connectivity index (χ1n) is 9.30. The minimum Gasteiger partial charge on any atom is -0.352 e. The van der Waals surface area contributed by atoms with Crippen LogP contribution in [0, 0.1) is 5.92 Å². The van der Waals surface area contributed by atoms with E-state index in [4.69, 9.17) is 11.6 Å². The molecule has 2 heterocycles.